The number of hydrogen-bond donors (Lipinski definition) is 0. The van der Waals surface area contributed by atoms with Gasteiger partial charge in [-0.15, -0.1) is 0 Å². The summed E-state index contributed by atoms with van der Waals surface area (Å²) in [6.45, 7) is 0. The Morgan fingerprint density at radius 1 is 1.00 bits per heavy atom. The third kappa shape index (κ3) is 2.04. The summed E-state index contributed by atoms with van der Waals surface area (Å²) < 4.78 is 39.8. The SMILES string of the molecule is Fc1[c]c(Cl)cc(-c2c(F)cccc2F)c1. The van der Waals surface area contributed by atoms with Crippen LogP contribution < -0.4 is 0 Å². The van der Waals surface area contributed by atoms with Crippen molar-refractivity contribution in [2.45, 2.75) is 0 Å². The quantitative estimate of drug-likeness (QED) is 0.701. The highest BCUT2D eigenvalue weighted by Gasteiger charge is 2.12. The van der Waals surface area contributed by atoms with Gasteiger partial charge < -0.3 is 0 Å². The molecule has 0 N–H and O–H groups in total. The second kappa shape index (κ2) is 4.18. The highest BCUT2D eigenvalue weighted by atomic mass is 35.5. The predicted molar refractivity (Wildman–Crippen MR) is 55.6 cm³/mol. The van der Waals surface area contributed by atoms with Gasteiger partial charge in [-0.05, 0) is 29.8 Å². The largest absolute Gasteiger partial charge is 0.206 e. The molecule has 0 unspecified atom stereocenters. The van der Waals surface area contributed by atoms with Crippen molar-refractivity contribution in [3.8, 4) is 11.1 Å². The molecule has 16 heavy (non-hydrogen) atoms. The zero-order chi connectivity index (χ0) is 11.7. The van der Waals surface area contributed by atoms with Gasteiger partial charge in [-0.2, -0.15) is 0 Å². The first-order chi connectivity index (χ1) is 7.58. The van der Waals surface area contributed by atoms with E-state index in [1.807, 2.05) is 0 Å². The second-order valence-corrected chi connectivity index (χ2v) is 3.57. The molecule has 2 aromatic rings. The molecule has 1 radical (unpaired) electrons. The number of halogens is 4. The van der Waals surface area contributed by atoms with E-state index in [2.05, 4.69) is 6.07 Å². The lowest BCUT2D eigenvalue weighted by Gasteiger charge is -2.05. The predicted octanol–water partition coefficient (Wildman–Crippen LogP) is 4.22. The van der Waals surface area contributed by atoms with Crippen molar-refractivity contribution in [1.29, 1.82) is 0 Å². The zero-order valence-electron chi connectivity index (χ0n) is 7.90. The van der Waals surface area contributed by atoms with E-state index in [-0.39, 0.29) is 16.1 Å². The van der Waals surface area contributed by atoms with E-state index >= 15 is 0 Å². The molecule has 0 atom stereocenters. The van der Waals surface area contributed by atoms with E-state index in [0.717, 1.165) is 18.2 Å². The fourth-order valence-electron chi connectivity index (χ4n) is 1.42. The molecule has 0 heterocycles. The Kier molecular flexibility index (Phi) is 2.88. The highest BCUT2D eigenvalue weighted by molar-refractivity contribution is 6.30. The van der Waals surface area contributed by atoms with Crippen molar-refractivity contribution in [2.75, 3.05) is 0 Å². The molecule has 0 aliphatic heterocycles. The van der Waals surface area contributed by atoms with E-state index in [9.17, 15) is 13.2 Å². The fourth-order valence-corrected chi connectivity index (χ4v) is 1.63. The fraction of sp³-hybridized carbons (Fsp3) is 0. The summed E-state index contributed by atoms with van der Waals surface area (Å²) in [6.07, 6.45) is 0. The van der Waals surface area contributed by atoms with E-state index in [1.54, 1.807) is 0 Å². The van der Waals surface area contributed by atoms with Crippen molar-refractivity contribution in [1.82, 2.24) is 0 Å². The molecule has 0 spiro atoms. The van der Waals surface area contributed by atoms with Crippen LogP contribution >= 0.6 is 11.6 Å². The van der Waals surface area contributed by atoms with Crippen LogP contribution in [0.25, 0.3) is 11.1 Å². The Bertz CT molecular complexity index is 497. The zero-order valence-corrected chi connectivity index (χ0v) is 8.65. The van der Waals surface area contributed by atoms with Gasteiger partial charge in [0.05, 0.1) is 10.6 Å². The van der Waals surface area contributed by atoms with Crippen LogP contribution in [0.2, 0.25) is 5.02 Å². The average molecular weight is 242 g/mol. The molecular weight excluding hydrogens is 237 g/mol. The van der Waals surface area contributed by atoms with Gasteiger partial charge in [0.1, 0.15) is 17.5 Å². The highest BCUT2D eigenvalue weighted by Crippen LogP contribution is 2.28. The summed E-state index contributed by atoms with van der Waals surface area (Å²) in [5, 5.41) is -0.0300. The molecule has 2 aromatic carbocycles. The Morgan fingerprint density at radius 2 is 1.62 bits per heavy atom. The molecule has 0 saturated carbocycles. The van der Waals surface area contributed by atoms with E-state index in [1.165, 1.54) is 12.1 Å². The Hall–Kier alpha value is -1.48. The van der Waals surface area contributed by atoms with Crippen LogP contribution in [-0.4, -0.2) is 0 Å². The summed E-state index contributed by atoms with van der Waals surface area (Å²) in [5.41, 5.74) is -0.242. The minimum absolute atomic E-state index is 0.0300. The molecule has 0 saturated heterocycles. The lowest BCUT2D eigenvalue weighted by molar-refractivity contribution is 0.588. The molecule has 2 rings (SSSR count). The second-order valence-electron chi connectivity index (χ2n) is 3.16. The normalized spacial score (nSPS) is 10.5. The Labute approximate surface area is 95.3 Å². The molecule has 0 nitrogen and oxygen atoms in total. The summed E-state index contributed by atoms with van der Waals surface area (Å²) in [5.74, 6) is -2.28. The first-order valence-electron chi connectivity index (χ1n) is 4.40. The summed E-state index contributed by atoms with van der Waals surface area (Å²) in [4.78, 5) is 0. The molecule has 81 valence electrons. The van der Waals surface area contributed by atoms with Crippen molar-refractivity contribution >= 4 is 11.6 Å². The Morgan fingerprint density at radius 3 is 2.19 bits per heavy atom. The molecule has 0 fully saturated rings. The number of rotatable bonds is 1. The van der Waals surface area contributed by atoms with Gasteiger partial charge in [-0.25, -0.2) is 13.2 Å². The standard InChI is InChI=1S/C12H5ClF3/c13-8-4-7(5-9(14)6-8)12-10(15)2-1-3-11(12)16/h1-5H. The van der Waals surface area contributed by atoms with Crippen molar-refractivity contribution in [3.05, 3.63) is 58.9 Å². The van der Waals surface area contributed by atoms with E-state index in [0.29, 0.717) is 0 Å². The maximum Gasteiger partial charge on any atom is 0.133 e. The van der Waals surface area contributed by atoms with E-state index < -0.39 is 17.5 Å². The van der Waals surface area contributed by atoms with Crippen LogP contribution in [0.15, 0.2) is 30.3 Å². The first-order valence-corrected chi connectivity index (χ1v) is 4.78. The number of benzene rings is 2. The van der Waals surface area contributed by atoms with Crippen LogP contribution in [0.5, 0.6) is 0 Å². The number of hydrogen-bond acceptors (Lipinski definition) is 0. The van der Waals surface area contributed by atoms with Gasteiger partial charge in [-0.1, -0.05) is 17.7 Å². The third-order valence-electron chi connectivity index (χ3n) is 2.05. The first kappa shape index (κ1) is 11.0. The summed E-state index contributed by atoms with van der Waals surface area (Å²) >= 11 is 5.56. The van der Waals surface area contributed by atoms with Gasteiger partial charge in [0.2, 0.25) is 0 Å². The van der Waals surface area contributed by atoms with Gasteiger partial charge >= 0.3 is 0 Å². The maximum absolute atomic E-state index is 13.4. The molecule has 0 aliphatic rings. The molecule has 0 aliphatic carbocycles. The monoisotopic (exact) mass is 241 g/mol. The van der Waals surface area contributed by atoms with E-state index in [4.69, 9.17) is 11.6 Å². The van der Waals surface area contributed by atoms with Crippen LogP contribution in [-0.2, 0) is 0 Å². The Balaban J connectivity index is 2.67. The molecule has 4 heteroatoms. The molecule has 0 amide bonds. The topological polar surface area (TPSA) is 0 Å². The lowest BCUT2D eigenvalue weighted by Crippen LogP contribution is -1.90. The van der Waals surface area contributed by atoms with Crippen LogP contribution in [0, 0.1) is 23.5 Å². The van der Waals surface area contributed by atoms with Crippen LogP contribution in [0.3, 0.4) is 0 Å². The lowest BCUT2D eigenvalue weighted by atomic mass is 10.0. The minimum atomic E-state index is -0.762. The van der Waals surface area contributed by atoms with Gasteiger partial charge in [0.15, 0.2) is 0 Å². The van der Waals surface area contributed by atoms with Gasteiger partial charge in [-0.3, -0.25) is 0 Å². The van der Waals surface area contributed by atoms with Gasteiger partial charge in [0, 0.05) is 6.07 Å². The molecular formula is C12H5ClF3. The average Bonchev–Trinajstić information content (AvgIpc) is 2.15. The minimum Gasteiger partial charge on any atom is -0.206 e. The van der Waals surface area contributed by atoms with Crippen LogP contribution in [0.4, 0.5) is 13.2 Å². The molecule has 0 aromatic heterocycles. The maximum atomic E-state index is 13.4. The van der Waals surface area contributed by atoms with Crippen molar-refractivity contribution in [3.63, 3.8) is 0 Å². The smallest absolute Gasteiger partial charge is 0.133 e. The van der Waals surface area contributed by atoms with Gasteiger partial charge in [0.25, 0.3) is 0 Å². The van der Waals surface area contributed by atoms with Crippen LogP contribution in [0.1, 0.15) is 0 Å². The summed E-state index contributed by atoms with van der Waals surface area (Å²) in [6, 6.07) is 7.84. The van der Waals surface area contributed by atoms with Crippen molar-refractivity contribution in [2.24, 2.45) is 0 Å². The summed E-state index contributed by atoms with van der Waals surface area (Å²) in [7, 11) is 0. The van der Waals surface area contributed by atoms with Crippen molar-refractivity contribution < 1.29 is 13.2 Å². The molecule has 0 bridgehead atoms. The third-order valence-corrected chi connectivity index (χ3v) is 2.26.